The number of anilines is 1. The molecule has 26 heavy (non-hydrogen) atoms. The Morgan fingerprint density at radius 1 is 1.46 bits per heavy atom. The van der Waals surface area contributed by atoms with Gasteiger partial charge >= 0.3 is 0 Å². The number of aryl methyl sites for hydroxylation is 1. The van der Waals surface area contributed by atoms with Crippen LogP contribution in [0.5, 0.6) is 0 Å². The summed E-state index contributed by atoms with van der Waals surface area (Å²) in [6.45, 7) is 8.02. The number of ether oxygens (including phenoxy) is 1. The first kappa shape index (κ1) is 20.7. The van der Waals surface area contributed by atoms with Crippen LogP contribution >= 0.6 is 15.9 Å². The minimum atomic E-state index is -0.0197. The zero-order valence-corrected chi connectivity index (χ0v) is 17.4. The molecule has 1 amide bonds. The minimum absolute atomic E-state index is 0.0197. The molecule has 1 atom stereocenters. The minimum Gasteiger partial charge on any atom is -0.384 e. The Kier molecular flexibility index (Phi) is 8.38. The summed E-state index contributed by atoms with van der Waals surface area (Å²) < 4.78 is 6.26. The van der Waals surface area contributed by atoms with Crippen LogP contribution in [0.3, 0.4) is 0 Å². The maximum absolute atomic E-state index is 12.2. The first-order chi connectivity index (χ1) is 12.5. The summed E-state index contributed by atoms with van der Waals surface area (Å²) in [5.41, 5.74) is 1.88. The van der Waals surface area contributed by atoms with Gasteiger partial charge in [-0.25, -0.2) is 0 Å². The predicted octanol–water partition coefficient (Wildman–Crippen LogP) is 3.02. The number of guanidine groups is 1. The largest absolute Gasteiger partial charge is 0.384 e. The number of nitrogens with one attached hydrogen (secondary N) is 2. The number of halogens is 1. The molecular formula is C19H29BrN4O2. The van der Waals surface area contributed by atoms with Crippen LogP contribution in [0.2, 0.25) is 0 Å². The summed E-state index contributed by atoms with van der Waals surface area (Å²) in [5.74, 6) is 1.42. The van der Waals surface area contributed by atoms with Crippen molar-refractivity contribution in [3.05, 3.63) is 28.2 Å². The molecule has 0 bridgehead atoms. The average molecular weight is 425 g/mol. The number of hydrogen-bond donors (Lipinski definition) is 2. The highest BCUT2D eigenvalue weighted by Gasteiger charge is 2.24. The molecule has 144 valence electrons. The summed E-state index contributed by atoms with van der Waals surface area (Å²) >= 11 is 3.43. The summed E-state index contributed by atoms with van der Waals surface area (Å²) in [6, 6.07) is 5.82. The van der Waals surface area contributed by atoms with E-state index in [0.717, 1.165) is 54.3 Å². The van der Waals surface area contributed by atoms with Crippen molar-refractivity contribution in [2.45, 2.75) is 26.7 Å². The smallest absolute Gasteiger partial charge is 0.226 e. The fraction of sp³-hybridized carbons (Fsp3) is 0.579. The van der Waals surface area contributed by atoms with Gasteiger partial charge in [-0.3, -0.25) is 9.79 Å². The number of benzene rings is 1. The highest BCUT2D eigenvalue weighted by molar-refractivity contribution is 9.10. The second-order valence-corrected chi connectivity index (χ2v) is 7.46. The first-order valence-electron chi connectivity index (χ1n) is 9.11. The Labute approximate surface area is 164 Å². The lowest BCUT2D eigenvalue weighted by atomic mass is 10.1. The van der Waals surface area contributed by atoms with Gasteiger partial charge in [0.15, 0.2) is 5.96 Å². The molecule has 2 N–H and O–H groups in total. The van der Waals surface area contributed by atoms with E-state index in [2.05, 4.69) is 43.4 Å². The molecule has 7 heteroatoms. The molecule has 1 saturated heterocycles. The van der Waals surface area contributed by atoms with Crippen molar-refractivity contribution in [3.8, 4) is 0 Å². The van der Waals surface area contributed by atoms with Crippen molar-refractivity contribution in [1.29, 1.82) is 0 Å². The molecule has 1 fully saturated rings. The Hall–Kier alpha value is -1.60. The summed E-state index contributed by atoms with van der Waals surface area (Å²) in [5, 5.41) is 6.28. The van der Waals surface area contributed by atoms with Gasteiger partial charge in [0.1, 0.15) is 0 Å². The number of hydrogen-bond acceptors (Lipinski definition) is 3. The number of likely N-dealkylation sites (tertiary alicyclic amines) is 1. The van der Waals surface area contributed by atoms with Crippen LogP contribution in [0.4, 0.5) is 5.69 Å². The fourth-order valence-electron chi connectivity index (χ4n) is 3.07. The van der Waals surface area contributed by atoms with E-state index in [-0.39, 0.29) is 5.91 Å². The SMILES string of the molecule is CCNC(=NCCC(=O)Nc1ccc(Br)cc1C)N1CCC(COC)C1. The van der Waals surface area contributed by atoms with Crippen molar-refractivity contribution < 1.29 is 9.53 Å². The van der Waals surface area contributed by atoms with Gasteiger partial charge in [-0.15, -0.1) is 0 Å². The number of amides is 1. The van der Waals surface area contributed by atoms with Gasteiger partial charge in [0.2, 0.25) is 5.91 Å². The molecule has 0 saturated carbocycles. The van der Waals surface area contributed by atoms with Crippen LogP contribution in [-0.4, -0.2) is 56.7 Å². The summed E-state index contributed by atoms with van der Waals surface area (Å²) in [6.07, 6.45) is 1.47. The number of rotatable bonds is 7. The number of methoxy groups -OCH3 is 1. The Morgan fingerprint density at radius 3 is 2.96 bits per heavy atom. The Bertz CT molecular complexity index is 636. The highest BCUT2D eigenvalue weighted by atomic mass is 79.9. The van der Waals surface area contributed by atoms with E-state index in [1.807, 2.05) is 25.1 Å². The highest BCUT2D eigenvalue weighted by Crippen LogP contribution is 2.20. The van der Waals surface area contributed by atoms with Crippen LogP contribution in [0.25, 0.3) is 0 Å². The summed E-state index contributed by atoms with van der Waals surface area (Å²) in [4.78, 5) is 19.1. The van der Waals surface area contributed by atoms with Crippen molar-refractivity contribution in [2.24, 2.45) is 10.9 Å². The molecular weight excluding hydrogens is 396 g/mol. The lowest BCUT2D eigenvalue weighted by molar-refractivity contribution is -0.116. The van der Waals surface area contributed by atoms with E-state index in [1.54, 1.807) is 7.11 Å². The van der Waals surface area contributed by atoms with E-state index in [9.17, 15) is 4.79 Å². The molecule has 1 heterocycles. The predicted molar refractivity (Wildman–Crippen MR) is 110 cm³/mol. The topological polar surface area (TPSA) is 66.0 Å². The van der Waals surface area contributed by atoms with Crippen molar-refractivity contribution in [1.82, 2.24) is 10.2 Å². The molecule has 1 aromatic rings. The molecule has 0 radical (unpaired) electrons. The molecule has 1 aliphatic heterocycles. The molecule has 2 rings (SSSR count). The second kappa shape index (κ2) is 10.5. The maximum Gasteiger partial charge on any atom is 0.226 e. The van der Waals surface area contributed by atoms with Crippen molar-refractivity contribution in [3.63, 3.8) is 0 Å². The first-order valence-corrected chi connectivity index (χ1v) is 9.91. The van der Waals surface area contributed by atoms with Crippen LogP contribution in [-0.2, 0) is 9.53 Å². The maximum atomic E-state index is 12.2. The molecule has 0 aliphatic carbocycles. The normalized spacial score (nSPS) is 17.5. The molecule has 0 aromatic heterocycles. The van der Waals surface area contributed by atoms with Crippen LogP contribution in [0, 0.1) is 12.8 Å². The second-order valence-electron chi connectivity index (χ2n) is 6.55. The van der Waals surface area contributed by atoms with Gasteiger partial charge in [-0.05, 0) is 44.0 Å². The van der Waals surface area contributed by atoms with Gasteiger partial charge in [0, 0.05) is 49.2 Å². The van der Waals surface area contributed by atoms with Gasteiger partial charge < -0.3 is 20.3 Å². The third-order valence-corrected chi connectivity index (χ3v) is 4.88. The zero-order chi connectivity index (χ0) is 18.9. The average Bonchev–Trinajstić information content (AvgIpc) is 3.05. The summed E-state index contributed by atoms with van der Waals surface area (Å²) in [7, 11) is 1.74. The number of carbonyl (C=O) groups excluding carboxylic acids is 1. The van der Waals surface area contributed by atoms with E-state index in [0.29, 0.717) is 18.9 Å². The Balaban J connectivity index is 1.86. The van der Waals surface area contributed by atoms with E-state index < -0.39 is 0 Å². The van der Waals surface area contributed by atoms with E-state index >= 15 is 0 Å². The van der Waals surface area contributed by atoms with E-state index in [1.165, 1.54) is 0 Å². The van der Waals surface area contributed by atoms with Crippen LogP contribution < -0.4 is 10.6 Å². The third kappa shape index (κ3) is 6.29. The molecule has 6 nitrogen and oxygen atoms in total. The molecule has 0 spiro atoms. The lowest BCUT2D eigenvalue weighted by Crippen LogP contribution is -2.40. The zero-order valence-electron chi connectivity index (χ0n) is 15.8. The molecule has 1 unspecified atom stereocenters. The quantitative estimate of drug-likeness (QED) is 0.521. The van der Waals surface area contributed by atoms with Gasteiger partial charge in [-0.1, -0.05) is 15.9 Å². The molecule has 1 aliphatic rings. The van der Waals surface area contributed by atoms with Crippen LogP contribution in [0.1, 0.15) is 25.3 Å². The van der Waals surface area contributed by atoms with Crippen molar-refractivity contribution in [2.75, 3.05) is 45.2 Å². The third-order valence-electron chi connectivity index (χ3n) is 4.39. The number of aliphatic imine (C=N–C) groups is 1. The van der Waals surface area contributed by atoms with E-state index in [4.69, 9.17) is 4.74 Å². The number of nitrogens with zero attached hydrogens (tertiary/aromatic N) is 2. The Morgan fingerprint density at radius 2 is 2.27 bits per heavy atom. The van der Waals surface area contributed by atoms with Gasteiger partial charge in [0.25, 0.3) is 0 Å². The van der Waals surface area contributed by atoms with Crippen LogP contribution in [0.15, 0.2) is 27.7 Å². The van der Waals surface area contributed by atoms with Crippen molar-refractivity contribution >= 4 is 33.5 Å². The lowest BCUT2D eigenvalue weighted by Gasteiger charge is -2.21. The number of carbonyl (C=O) groups is 1. The molecule has 1 aromatic carbocycles. The standard InChI is InChI=1S/C19H29BrN4O2/c1-4-21-19(24-10-8-15(12-24)13-26-3)22-9-7-18(25)23-17-6-5-16(20)11-14(17)2/h5-6,11,15H,4,7-10,12-13H2,1-3H3,(H,21,22)(H,23,25). The monoisotopic (exact) mass is 424 g/mol. The fourth-order valence-corrected chi connectivity index (χ4v) is 3.54. The van der Waals surface area contributed by atoms with Gasteiger partial charge in [-0.2, -0.15) is 0 Å². The van der Waals surface area contributed by atoms with Gasteiger partial charge in [0.05, 0.1) is 13.2 Å².